The predicted octanol–water partition coefficient (Wildman–Crippen LogP) is 3.14. The highest BCUT2D eigenvalue weighted by Gasteiger charge is 2.23. The van der Waals surface area contributed by atoms with Crippen LogP contribution in [0, 0.1) is 5.92 Å². The molecule has 7 heteroatoms. The molecule has 0 radical (unpaired) electrons. The van der Waals surface area contributed by atoms with E-state index in [0.29, 0.717) is 13.1 Å². The van der Waals surface area contributed by atoms with Crippen molar-refractivity contribution in [2.24, 2.45) is 5.92 Å². The van der Waals surface area contributed by atoms with E-state index in [4.69, 9.17) is 0 Å². The SMILES string of the molecule is CC(C)C(NC(=O)NCc1ccccc1)C(=O)NCCCc1nc2ccccc2[nH]1. The summed E-state index contributed by atoms with van der Waals surface area (Å²) in [6, 6.07) is 16.6. The average molecular weight is 408 g/mol. The van der Waals surface area contributed by atoms with Gasteiger partial charge in [-0.15, -0.1) is 0 Å². The molecule has 0 bridgehead atoms. The molecule has 0 aliphatic carbocycles. The Labute approximate surface area is 176 Å². The molecular weight excluding hydrogens is 378 g/mol. The normalized spacial score (nSPS) is 12.0. The molecule has 3 amide bonds. The summed E-state index contributed by atoms with van der Waals surface area (Å²) >= 11 is 0. The quantitative estimate of drug-likeness (QED) is 0.410. The van der Waals surface area contributed by atoms with Crippen LogP contribution in [0.15, 0.2) is 54.6 Å². The molecule has 30 heavy (non-hydrogen) atoms. The van der Waals surface area contributed by atoms with Crippen LogP contribution in [-0.4, -0.2) is 34.5 Å². The number of aromatic amines is 1. The lowest BCUT2D eigenvalue weighted by Gasteiger charge is -2.22. The van der Waals surface area contributed by atoms with Gasteiger partial charge in [0, 0.05) is 19.5 Å². The highest BCUT2D eigenvalue weighted by atomic mass is 16.2. The van der Waals surface area contributed by atoms with Crippen molar-refractivity contribution in [3.05, 3.63) is 66.0 Å². The molecule has 0 fully saturated rings. The summed E-state index contributed by atoms with van der Waals surface area (Å²) in [4.78, 5) is 32.6. The first kappa shape index (κ1) is 21.4. The van der Waals surface area contributed by atoms with Crippen LogP contribution in [0.1, 0.15) is 31.7 Å². The molecule has 3 aromatic rings. The molecule has 158 valence electrons. The second kappa shape index (κ2) is 10.4. The lowest BCUT2D eigenvalue weighted by atomic mass is 10.0. The highest BCUT2D eigenvalue weighted by Crippen LogP contribution is 2.11. The van der Waals surface area contributed by atoms with E-state index in [0.717, 1.165) is 35.3 Å². The molecule has 4 N–H and O–H groups in total. The number of nitrogens with one attached hydrogen (secondary N) is 4. The number of hydrogen-bond acceptors (Lipinski definition) is 3. The molecule has 1 atom stereocenters. The maximum absolute atomic E-state index is 12.6. The Morgan fingerprint density at radius 1 is 1.00 bits per heavy atom. The summed E-state index contributed by atoms with van der Waals surface area (Å²) in [5.74, 6) is 0.705. The van der Waals surface area contributed by atoms with Gasteiger partial charge in [-0.1, -0.05) is 56.3 Å². The topological polar surface area (TPSA) is 98.9 Å². The van der Waals surface area contributed by atoms with Gasteiger partial charge in [0.15, 0.2) is 0 Å². The van der Waals surface area contributed by atoms with Crippen molar-refractivity contribution in [2.75, 3.05) is 6.54 Å². The van der Waals surface area contributed by atoms with Crippen LogP contribution in [0.25, 0.3) is 11.0 Å². The first-order valence-corrected chi connectivity index (χ1v) is 10.3. The summed E-state index contributed by atoms with van der Waals surface area (Å²) < 4.78 is 0. The van der Waals surface area contributed by atoms with Gasteiger partial charge in [0.1, 0.15) is 11.9 Å². The van der Waals surface area contributed by atoms with E-state index in [9.17, 15) is 9.59 Å². The van der Waals surface area contributed by atoms with Crippen LogP contribution in [0.3, 0.4) is 0 Å². The minimum atomic E-state index is -0.591. The average Bonchev–Trinajstić information content (AvgIpc) is 3.17. The third-order valence-electron chi connectivity index (χ3n) is 4.86. The summed E-state index contributed by atoms with van der Waals surface area (Å²) in [6.07, 6.45) is 1.50. The van der Waals surface area contributed by atoms with Crippen molar-refractivity contribution in [2.45, 2.75) is 39.3 Å². The van der Waals surface area contributed by atoms with E-state index in [1.807, 2.05) is 68.4 Å². The van der Waals surface area contributed by atoms with E-state index in [-0.39, 0.29) is 17.9 Å². The molecule has 7 nitrogen and oxygen atoms in total. The van der Waals surface area contributed by atoms with Crippen LogP contribution in [0.5, 0.6) is 0 Å². The fourth-order valence-corrected chi connectivity index (χ4v) is 3.21. The number of imidazole rings is 1. The van der Waals surface area contributed by atoms with Crippen LogP contribution < -0.4 is 16.0 Å². The zero-order valence-corrected chi connectivity index (χ0v) is 17.4. The Kier molecular flexibility index (Phi) is 7.43. The van der Waals surface area contributed by atoms with Crippen LogP contribution in [0.4, 0.5) is 4.79 Å². The predicted molar refractivity (Wildman–Crippen MR) is 118 cm³/mol. The number of para-hydroxylation sites is 2. The van der Waals surface area contributed by atoms with Gasteiger partial charge in [-0.05, 0) is 30.0 Å². The number of nitrogens with zero attached hydrogens (tertiary/aromatic N) is 1. The molecule has 2 aromatic carbocycles. The van der Waals surface area contributed by atoms with E-state index >= 15 is 0 Å². The fourth-order valence-electron chi connectivity index (χ4n) is 3.21. The van der Waals surface area contributed by atoms with Crippen LogP contribution >= 0.6 is 0 Å². The van der Waals surface area contributed by atoms with Crippen LogP contribution in [0.2, 0.25) is 0 Å². The smallest absolute Gasteiger partial charge is 0.315 e. The summed E-state index contributed by atoms with van der Waals surface area (Å²) in [5.41, 5.74) is 2.97. The zero-order valence-electron chi connectivity index (χ0n) is 17.4. The van der Waals surface area contributed by atoms with E-state index in [1.165, 1.54) is 0 Å². The highest BCUT2D eigenvalue weighted by molar-refractivity contribution is 5.87. The number of fused-ring (bicyclic) bond motifs is 1. The largest absolute Gasteiger partial charge is 0.354 e. The lowest BCUT2D eigenvalue weighted by molar-refractivity contribution is -0.123. The van der Waals surface area contributed by atoms with Gasteiger partial charge in [0.25, 0.3) is 0 Å². The number of urea groups is 1. The first-order valence-electron chi connectivity index (χ1n) is 10.3. The molecule has 0 aliphatic rings. The first-order chi connectivity index (χ1) is 14.5. The number of benzene rings is 2. The van der Waals surface area contributed by atoms with Crippen molar-refractivity contribution in [3.8, 4) is 0 Å². The molecule has 1 aromatic heterocycles. The van der Waals surface area contributed by atoms with Gasteiger partial charge in [-0.2, -0.15) is 0 Å². The third kappa shape index (κ3) is 6.07. The maximum atomic E-state index is 12.6. The number of rotatable bonds is 9. The summed E-state index contributed by atoms with van der Waals surface area (Å²) in [6.45, 7) is 4.76. The Hall–Kier alpha value is -3.35. The molecule has 0 saturated carbocycles. The fraction of sp³-hybridized carbons (Fsp3) is 0.348. The van der Waals surface area contributed by atoms with Gasteiger partial charge < -0.3 is 20.9 Å². The molecule has 1 heterocycles. The summed E-state index contributed by atoms with van der Waals surface area (Å²) in [7, 11) is 0. The number of H-pyrrole nitrogens is 1. The molecule has 1 unspecified atom stereocenters. The van der Waals surface area contributed by atoms with Gasteiger partial charge >= 0.3 is 6.03 Å². The van der Waals surface area contributed by atoms with E-state index in [2.05, 4.69) is 25.9 Å². The maximum Gasteiger partial charge on any atom is 0.315 e. The Balaban J connectivity index is 1.42. The molecule has 0 saturated heterocycles. The molecule has 3 rings (SSSR count). The van der Waals surface area contributed by atoms with Gasteiger partial charge in [0.2, 0.25) is 5.91 Å². The second-order valence-corrected chi connectivity index (χ2v) is 7.63. The van der Waals surface area contributed by atoms with Crippen LogP contribution in [-0.2, 0) is 17.8 Å². The van der Waals surface area contributed by atoms with Crippen molar-refractivity contribution >= 4 is 23.0 Å². The van der Waals surface area contributed by atoms with Gasteiger partial charge in [-0.3, -0.25) is 4.79 Å². The molecular formula is C23H29N5O2. The lowest BCUT2D eigenvalue weighted by Crippen LogP contribution is -2.52. The standard InChI is InChI=1S/C23H29N5O2/c1-16(2)21(28-23(30)25-15-17-9-4-3-5-10-17)22(29)24-14-8-13-20-26-18-11-6-7-12-19(18)27-20/h3-7,9-12,16,21H,8,13-15H2,1-2H3,(H,24,29)(H,26,27)(H2,25,28,30). The Bertz CT molecular complexity index is 935. The molecule has 0 aliphatic heterocycles. The Morgan fingerprint density at radius 3 is 2.47 bits per heavy atom. The van der Waals surface area contributed by atoms with Crippen molar-refractivity contribution in [1.29, 1.82) is 0 Å². The van der Waals surface area contributed by atoms with Gasteiger partial charge in [-0.25, -0.2) is 9.78 Å². The number of aromatic nitrogens is 2. The number of hydrogen-bond donors (Lipinski definition) is 4. The monoisotopic (exact) mass is 407 g/mol. The second-order valence-electron chi connectivity index (χ2n) is 7.63. The van der Waals surface area contributed by atoms with Crippen molar-refractivity contribution in [1.82, 2.24) is 25.9 Å². The minimum Gasteiger partial charge on any atom is -0.354 e. The van der Waals surface area contributed by atoms with Crippen molar-refractivity contribution < 1.29 is 9.59 Å². The van der Waals surface area contributed by atoms with E-state index < -0.39 is 6.04 Å². The number of amides is 3. The Morgan fingerprint density at radius 2 is 1.73 bits per heavy atom. The molecule has 0 spiro atoms. The summed E-state index contributed by atoms with van der Waals surface area (Å²) in [5, 5.41) is 8.50. The number of carbonyl (C=O) groups is 2. The zero-order chi connectivity index (χ0) is 21.3. The number of aryl methyl sites for hydroxylation is 1. The van der Waals surface area contributed by atoms with Gasteiger partial charge in [0.05, 0.1) is 11.0 Å². The number of carbonyl (C=O) groups excluding carboxylic acids is 2. The third-order valence-corrected chi connectivity index (χ3v) is 4.86. The minimum absolute atomic E-state index is 0.0251. The van der Waals surface area contributed by atoms with Crippen molar-refractivity contribution in [3.63, 3.8) is 0 Å². The van der Waals surface area contributed by atoms with E-state index in [1.54, 1.807) is 0 Å².